The lowest BCUT2D eigenvalue weighted by Crippen LogP contribution is -2.29. The molecule has 1 aliphatic heterocycles. The lowest BCUT2D eigenvalue weighted by molar-refractivity contribution is 0.405. The number of sulfonamides is 1. The van der Waals surface area contributed by atoms with Gasteiger partial charge in [-0.05, 0) is 65.9 Å². The summed E-state index contributed by atoms with van der Waals surface area (Å²) in [4.78, 5) is 0.196. The Kier molecular flexibility index (Phi) is 5.91. The maximum absolute atomic E-state index is 13.3. The van der Waals surface area contributed by atoms with Gasteiger partial charge >= 0.3 is 0 Å². The van der Waals surface area contributed by atoms with E-state index in [-0.39, 0.29) is 22.8 Å². The molecule has 0 bridgehead atoms. The van der Waals surface area contributed by atoms with Crippen molar-refractivity contribution < 1.29 is 17.9 Å². The van der Waals surface area contributed by atoms with Crippen LogP contribution >= 0.6 is 11.6 Å². The van der Waals surface area contributed by atoms with Gasteiger partial charge in [-0.1, -0.05) is 35.9 Å². The highest BCUT2D eigenvalue weighted by atomic mass is 35.5. The third-order valence-corrected chi connectivity index (χ3v) is 8.14. The fourth-order valence-electron chi connectivity index (χ4n) is 4.84. The molecule has 1 aliphatic carbocycles. The van der Waals surface area contributed by atoms with Gasteiger partial charge in [0.2, 0.25) is 0 Å². The van der Waals surface area contributed by atoms with Crippen LogP contribution in [0.5, 0.6) is 11.5 Å². The molecule has 0 saturated carbocycles. The zero-order valence-electron chi connectivity index (χ0n) is 18.8. The number of hydrogen-bond donors (Lipinski definition) is 2. The molecule has 3 aromatic rings. The van der Waals surface area contributed by atoms with Crippen LogP contribution in [0.4, 0.5) is 11.4 Å². The first kappa shape index (κ1) is 22.6. The van der Waals surface area contributed by atoms with Crippen LogP contribution in [0.2, 0.25) is 5.02 Å². The number of benzene rings is 3. The van der Waals surface area contributed by atoms with Crippen molar-refractivity contribution in [3.8, 4) is 11.5 Å². The molecule has 1 heterocycles. The minimum atomic E-state index is -3.86. The highest BCUT2D eigenvalue weighted by molar-refractivity contribution is 7.92. The van der Waals surface area contributed by atoms with E-state index >= 15 is 0 Å². The number of rotatable bonds is 6. The van der Waals surface area contributed by atoms with Gasteiger partial charge in [0.1, 0.15) is 11.5 Å². The first-order chi connectivity index (χ1) is 16.4. The summed E-state index contributed by atoms with van der Waals surface area (Å²) >= 11 is 6.09. The van der Waals surface area contributed by atoms with Crippen LogP contribution < -0.4 is 19.5 Å². The van der Waals surface area contributed by atoms with Crippen molar-refractivity contribution >= 4 is 33.0 Å². The average molecular weight is 497 g/mol. The molecule has 8 heteroatoms. The molecule has 6 nitrogen and oxygen atoms in total. The van der Waals surface area contributed by atoms with E-state index in [1.807, 2.05) is 30.3 Å². The lowest BCUT2D eigenvalue weighted by Gasteiger charge is -2.37. The second-order valence-electron chi connectivity index (χ2n) is 8.45. The molecule has 0 spiro atoms. The first-order valence-corrected chi connectivity index (χ1v) is 12.8. The van der Waals surface area contributed by atoms with Crippen LogP contribution in [-0.2, 0) is 10.0 Å². The van der Waals surface area contributed by atoms with Gasteiger partial charge in [-0.2, -0.15) is 0 Å². The second-order valence-corrected chi connectivity index (χ2v) is 10.6. The summed E-state index contributed by atoms with van der Waals surface area (Å²) in [6.45, 7) is 0. The first-order valence-electron chi connectivity index (χ1n) is 11.0. The Bertz CT molecular complexity index is 1360. The van der Waals surface area contributed by atoms with Crippen LogP contribution in [0.25, 0.3) is 0 Å². The molecule has 0 amide bonds. The van der Waals surface area contributed by atoms with E-state index in [0.717, 1.165) is 23.2 Å². The lowest BCUT2D eigenvalue weighted by atomic mass is 9.77. The molecule has 0 saturated heterocycles. The number of allylic oxidation sites excluding steroid dienone is 2. The largest absolute Gasteiger partial charge is 0.497 e. The van der Waals surface area contributed by atoms with E-state index in [2.05, 4.69) is 22.2 Å². The van der Waals surface area contributed by atoms with Gasteiger partial charge in [-0.3, -0.25) is 4.72 Å². The Morgan fingerprint density at radius 2 is 1.79 bits per heavy atom. The summed E-state index contributed by atoms with van der Waals surface area (Å²) in [5.74, 6) is 1.35. The molecule has 176 valence electrons. The summed E-state index contributed by atoms with van der Waals surface area (Å²) in [7, 11) is -0.835. The van der Waals surface area contributed by atoms with E-state index in [1.54, 1.807) is 30.3 Å². The van der Waals surface area contributed by atoms with Crippen LogP contribution in [-0.4, -0.2) is 22.6 Å². The van der Waals surface area contributed by atoms with Crippen LogP contribution in [0.15, 0.2) is 77.7 Å². The fraction of sp³-hybridized carbons (Fsp3) is 0.231. The molecule has 0 radical (unpaired) electrons. The van der Waals surface area contributed by atoms with Crippen LogP contribution in [0.3, 0.4) is 0 Å². The fourth-order valence-corrected chi connectivity index (χ4v) is 6.06. The van der Waals surface area contributed by atoms with Crippen molar-refractivity contribution in [1.82, 2.24) is 0 Å². The molecule has 34 heavy (non-hydrogen) atoms. The number of fused-ring (bicyclic) bond motifs is 3. The maximum Gasteiger partial charge on any atom is 0.262 e. The number of halogens is 1. The smallest absolute Gasteiger partial charge is 0.262 e. The number of nitrogens with one attached hydrogen (secondary N) is 2. The predicted molar refractivity (Wildman–Crippen MR) is 135 cm³/mol. The summed E-state index contributed by atoms with van der Waals surface area (Å²) in [6, 6.07) is 18.2. The normalized spacial score (nSPS) is 20.7. The van der Waals surface area contributed by atoms with Gasteiger partial charge in [-0.15, -0.1) is 0 Å². The predicted octanol–water partition coefficient (Wildman–Crippen LogP) is 5.98. The van der Waals surface area contributed by atoms with Crippen molar-refractivity contribution in [3.05, 3.63) is 89.0 Å². The van der Waals surface area contributed by atoms with Gasteiger partial charge in [0.25, 0.3) is 10.0 Å². The molecule has 0 fully saturated rings. The van der Waals surface area contributed by atoms with Crippen LogP contribution in [0, 0.1) is 5.92 Å². The van der Waals surface area contributed by atoms with Crippen molar-refractivity contribution in [3.63, 3.8) is 0 Å². The standard InChI is InChI=1S/C26H25ClN2O4S/c1-32-18-10-13-25(33-2)24(14-18)29-34(30,31)19-11-12-23-22(15-19)20-4-3-5-21(20)26(28-23)16-6-8-17(27)9-7-16/h3-4,6-15,20-21,26,28-29H,5H2,1-2H3/t20-,21+,26+/m0/s1. The number of hydrogen-bond acceptors (Lipinski definition) is 5. The molecular weight excluding hydrogens is 472 g/mol. The molecule has 0 aromatic heterocycles. The minimum absolute atomic E-state index is 0.117. The van der Waals surface area contributed by atoms with Gasteiger partial charge in [-0.25, -0.2) is 8.42 Å². The van der Waals surface area contributed by atoms with Crippen molar-refractivity contribution in [1.29, 1.82) is 0 Å². The van der Waals surface area contributed by atoms with Crippen molar-refractivity contribution in [2.24, 2.45) is 5.92 Å². The number of ether oxygens (including phenoxy) is 2. The van der Waals surface area contributed by atoms with Gasteiger partial charge in [0.05, 0.1) is 30.8 Å². The highest BCUT2D eigenvalue weighted by Gasteiger charge is 2.38. The van der Waals surface area contributed by atoms with E-state index in [1.165, 1.54) is 14.2 Å². The van der Waals surface area contributed by atoms with Crippen molar-refractivity contribution in [2.45, 2.75) is 23.3 Å². The quantitative estimate of drug-likeness (QED) is 0.410. The summed E-state index contributed by atoms with van der Waals surface area (Å²) < 4.78 is 39.8. The van der Waals surface area contributed by atoms with E-state index in [9.17, 15) is 8.42 Å². The zero-order chi connectivity index (χ0) is 23.9. The second kappa shape index (κ2) is 8.89. The number of methoxy groups -OCH3 is 2. The molecule has 2 N–H and O–H groups in total. The third-order valence-electron chi connectivity index (χ3n) is 6.52. The summed E-state index contributed by atoms with van der Waals surface area (Å²) in [5, 5.41) is 4.34. The van der Waals surface area contributed by atoms with Crippen molar-refractivity contribution in [2.75, 3.05) is 24.3 Å². The van der Waals surface area contributed by atoms with E-state index < -0.39 is 10.0 Å². The third kappa shape index (κ3) is 4.10. The molecule has 3 atom stereocenters. The van der Waals surface area contributed by atoms with Gasteiger partial charge in [0.15, 0.2) is 0 Å². The molecule has 3 aromatic carbocycles. The summed E-state index contributed by atoms with van der Waals surface area (Å²) in [5.41, 5.74) is 3.39. The molecule has 5 rings (SSSR count). The summed E-state index contributed by atoms with van der Waals surface area (Å²) in [6.07, 6.45) is 5.28. The van der Waals surface area contributed by atoms with Gasteiger partial charge < -0.3 is 14.8 Å². The molecular formula is C26H25ClN2O4S. The van der Waals surface area contributed by atoms with Crippen LogP contribution in [0.1, 0.15) is 29.5 Å². The Labute approximate surface area is 204 Å². The molecule has 2 aliphatic rings. The zero-order valence-corrected chi connectivity index (χ0v) is 20.4. The highest BCUT2D eigenvalue weighted by Crippen LogP contribution is 2.50. The average Bonchev–Trinajstić information content (AvgIpc) is 3.34. The molecule has 0 unspecified atom stereocenters. The Morgan fingerprint density at radius 3 is 2.53 bits per heavy atom. The Morgan fingerprint density at radius 1 is 1.00 bits per heavy atom. The Hall–Kier alpha value is -3.16. The Balaban J connectivity index is 1.48. The minimum Gasteiger partial charge on any atom is -0.497 e. The SMILES string of the molecule is COc1ccc(OC)c(NS(=O)(=O)c2ccc3c(c2)[C@H]2C=CC[C@H]2[C@@H](c2ccc(Cl)cc2)N3)c1. The van der Waals surface area contributed by atoms with E-state index in [4.69, 9.17) is 21.1 Å². The number of anilines is 2. The monoisotopic (exact) mass is 496 g/mol. The van der Waals surface area contributed by atoms with Gasteiger partial charge in [0, 0.05) is 22.7 Å². The maximum atomic E-state index is 13.3. The topological polar surface area (TPSA) is 76.7 Å². The van der Waals surface area contributed by atoms with E-state index in [0.29, 0.717) is 22.2 Å².